The lowest BCUT2D eigenvalue weighted by molar-refractivity contribution is 0.172. The van der Waals surface area contributed by atoms with Crippen LogP contribution in [0.25, 0.3) is 0 Å². The zero-order chi connectivity index (χ0) is 29.3. The summed E-state index contributed by atoms with van der Waals surface area (Å²) in [6.45, 7) is 34.0. The molecule has 2 atom stereocenters. The summed E-state index contributed by atoms with van der Waals surface area (Å²) in [5.74, 6) is 0. The molecule has 0 saturated carbocycles. The first-order valence-electron chi connectivity index (χ1n) is 13.3. The summed E-state index contributed by atoms with van der Waals surface area (Å²) in [5, 5.41) is 0. The predicted octanol–water partition coefficient (Wildman–Crippen LogP) is 4.14. The Kier molecular flexibility index (Phi) is 15.0. The van der Waals surface area contributed by atoms with Gasteiger partial charge in [-0.2, -0.15) is 0 Å². The van der Waals surface area contributed by atoms with Gasteiger partial charge in [-0.15, -0.1) is 13.2 Å². The van der Waals surface area contributed by atoms with Gasteiger partial charge in [0.25, 0.3) is 7.35 Å². The maximum Gasteiger partial charge on any atom is 0.371 e. The largest absolute Gasteiger partial charge is 0.437 e. The molecule has 0 aliphatic rings. The van der Waals surface area contributed by atoms with Crippen LogP contribution in [-0.2, 0) is 30.0 Å². The van der Waals surface area contributed by atoms with Crippen LogP contribution in [0.4, 0.5) is 0 Å². The minimum Gasteiger partial charge on any atom is -0.437 e. The molecule has 0 heterocycles. The minimum atomic E-state index is -3.48. The van der Waals surface area contributed by atoms with Gasteiger partial charge in [-0.1, -0.05) is 12.2 Å². The van der Waals surface area contributed by atoms with Crippen LogP contribution in [0.2, 0.25) is 52.4 Å². The van der Waals surface area contributed by atoms with E-state index in [1.54, 1.807) is 12.2 Å². The van der Waals surface area contributed by atoms with Crippen molar-refractivity contribution in [2.45, 2.75) is 91.4 Å². The van der Waals surface area contributed by atoms with E-state index >= 15 is 0 Å². The fourth-order valence-corrected chi connectivity index (χ4v) is 56.0. The van der Waals surface area contributed by atoms with Gasteiger partial charge in [0.2, 0.25) is 0 Å². The molecule has 4 N–H and O–H groups in total. The highest BCUT2D eigenvalue weighted by Gasteiger charge is 2.78. The normalized spacial score (nSPS) is 17.2. The summed E-state index contributed by atoms with van der Waals surface area (Å²) in [6, 6.07) is 0. The van der Waals surface area contributed by atoms with E-state index in [0.29, 0.717) is 26.4 Å². The molecule has 2 unspecified atom stereocenters. The summed E-state index contributed by atoms with van der Waals surface area (Å²) in [6.07, 6.45) is 3.37. The van der Waals surface area contributed by atoms with Crippen molar-refractivity contribution in [1.29, 1.82) is 0 Å². The SMILES string of the molecule is C=CC(N)[Si](OCC)(OCC)[Si](C)(O[Si](C)(C)O[Si](C)(C)O[Si](C)(C)C)[Si](OCC)(OCC)C(N)C=C. The zero-order valence-electron chi connectivity index (χ0n) is 25.6. The molecule has 0 aromatic carbocycles. The first-order valence-corrected chi connectivity index (χ1v) is 30.5. The van der Waals surface area contributed by atoms with Crippen molar-refractivity contribution < 1.29 is 30.0 Å². The van der Waals surface area contributed by atoms with Gasteiger partial charge in [-0.05, 0) is 80.1 Å². The van der Waals surface area contributed by atoms with Crippen LogP contribution >= 0.6 is 0 Å². The third-order valence-electron chi connectivity index (χ3n) is 5.64. The highest BCUT2D eigenvalue weighted by atomic mass is 29.7. The Morgan fingerprint density at radius 1 is 0.568 bits per heavy atom. The number of rotatable bonds is 20. The van der Waals surface area contributed by atoms with Crippen molar-refractivity contribution in [2.75, 3.05) is 26.4 Å². The van der Waals surface area contributed by atoms with Crippen LogP contribution in [0.3, 0.4) is 0 Å². The van der Waals surface area contributed by atoms with E-state index in [-0.39, 0.29) is 0 Å². The molecule has 15 heteroatoms. The van der Waals surface area contributed by atoms with E-state index in [2.05, 4.69) is 52.4 Å². The van der Waals surface area contributed by atoms with E-state index in [9.17, 15) is 0 Å². The lowest BCUT2D eigenvalue weighted by atomic mass is 10.6. The molecule has 220 valence electrons. The molecule has 0 saturated heterocycles. The Bertz CT molecular complexity index is 678. The average Bonchev–Trinajstić information content (AvgIpc) is 2.74. The molecule has 0 rings (SSSR count). The van der Waals surface area contributed by atoms with Crippen LogP contribution < -0.4 is 11.5 Å². The predicted molar refractivity (Wildman–Crippen MR) is 168 cm³/mol. The van der Waals surface area contributed by atoms with Crippen molar-refractivity contribution in [3.8, 4) is 0 Å². The van der Waals surface area contributed by atoms with Gasteiger partial charge < -0.3 is 41.5 Å². The third kappa shape index (κ3) is 9.22. The Hall–Kier alpha value is 0.421. The number of nitrogens with two attached hydrogens (primary N) is 2. The Morgan fingerprint density at radius 2 is 0.865 bits per heavy atom. The fraction of sp³-hybridized carbons (Fsp3) is 0.818. The van der Waals surface area contributed by atoms with E-state index in [1.165, 1.54) is 0 Å². The van der Waals surface area contributed by atoms with E-state index < -0.39 is 60.3 Å². The Morgan fingerprint density at radius 3 is 1.11 bits per heavy atom. The van der Waals surface area contributed by atoms with Crippen molar-refractivity contribution >= 4 is 48.9 Å². The third-order valence-corrected chi connectivity index (χ3v) is 45.2. The second-order valence-corrected chi connectivity index (χ2v) is 41.7. The summed E-state index contributed by atoms with van der Waals surface area (Å²) in [7, 11) is -17.7. The smallest absolute Gasteiger partial charge is 0.371 e. The first kappa shape index (κ1) is 37.4. The van der Waals surface area contributed by atoms with Gasteiger partial charge in [-0.3, -0.25) is 0 Å². The summed E-state index contributed by atoms with van der Waals surface area (Å²) < 4.78 is 47.2. The van der Waals surface area contributed by atoms with Crippen molar-refractivity contribution in [2.24, 2.45) is 11.5 Å². The molecular weight excluding hydrogens is 573 g/mol. The fourth-order valence-electron chi connectivity index (χ4n) is 5.07. The molecule has 0 aliphatic carbocycles. The highest BCUT2D eigenvalue weighted by Crippen LogP contribution is 2.40. The molecule has 0 fully saturated rings. The molecule has 0 bridgehead atoms. The molecule has 0 aromatic heterocycles. The van der Waals surface area contributed by atoms with Crippen LogP contribution in [0.15, 0.2) is 25.3 Å². The van der Waals surface area contributed by atoms with Crippen molar-refractivity contribution in [1.82, 2.24) is 0 Å². The van der Waals surface area contributed by atoms with Crippen molar-refractivity contribution in [3.05, 3.63) is 25.3 Å². The quantitative estimate of drug-likeness (QED) is 0.152. The summed E-state index contributed by atoms with van der Waals surface area (Å²) >= 11 is 0. The van der Waals surface area contributed by atoms with Gasteiger partial charge >= 0.3 is 33.3 Å². The number of hydrogen-bond donors (Lipinski definition) is 2. The second kappa shape index (κ2) is 14.9. The monoisotopic (exact) mass is 628 g/mol. The molecule has 0 aromatic rings. The van der Waals surface area contributed by atoms with Gasteiger partial charge in [0.15, 0.2) is 8.32 Å². The number of hydrogen-bond acceptors (Lipinski definition) is 9. The minimum absolute atomic E-state index is 0.383. The second-order valence-electron chi connectivity index (χ2n) is 10.8. The van der Waals surface area contributed by atoms with Gasteiger partial charge in [0.1, 0.15) is 0 Å². The van der Waals surface area contributed by atoms with Crippen LogP contribution in [0.5, 0.6) is 0 Å². The maximum absolute atomic E-state index is 7.36. The van der Waals surface area contributed by atoms with E-state index in [1.807, 2.05) is 40.8 Å². The lowest BCUT2D eigenvalue weighted by Gasteiger charge is -2.55. The average molecular weight is 629 g/mol. The standard InChI is InChI=1S/C22H56N2O7Si6/c1-15-21(23)36(25-17-3,26-18-4)35(14,37(27-19-5,28-20-6)22(24)16-2)31-34(12,13)30-33(10,11)29-32(7,8)9/h15-16,21-22H,1-2,17-20,23-24H2,3-14H3. The van der Waals surface area contributed by atoms with Gasteiger partial charge in [0.05, 0.1) is 11.3 Å². The van der Waals surface area contributed by atoms with Crippen LogP contribution in [0, 0.1) is 0 Å². The summed E-state index contributed by atoms with van der Waals surface area (Å²) in [5.41, 5.74) is 12.4. The van der Waals surface area contributed by atoms with Crippen LogP contribution in [0.1, 0.15) is 27.7 Å². The molecule has 0 radical (unpaired) electrons. The molecule has 0 aliphatic heterocycles. The van der Waals surface area contributed by atoms with Crippen LogP contribution in [-0.4, -0.2) is 86.7 Å². The lowest BCUT2D eigenvalue weighted by Crippen LogP contribution is -2.91. The summed E-state index contributed by atoms with van der Waals surface area (Å²) in [4.78, 5) is 0. The Balaban J connectivity index is 7.45. The molecule has 0 spiro atoms. The van der Waals surface area contributed by atoms with Gasteiger partial charge in [0, 0.05) is 26.4 Å². The van der Waals surface area contributed by atoms with Crippen molar-refractivity contribution in [3.63, 3.8) is 0 Å². The first-order chi connectivity index (χ1) is 16.8. The molecule has 37 heavy (non-hydrogen) atoms. The zero-order valence-corrected chi connectivity index (χ0v) is 31.6. The highest BCUT2D eigenvalue weighted by molar-refractivity contribution is 7.63. The van der Waals surface area contributed by atoms with E-state index in [4.69, 9.17) is 41.5 Å². The topological polar surface area (TPSA) is 117 Å². The Labute approximate surface area is 233 Å². The maximum atomic E-state index is 7.36. The molecule has 0 amide bonds. The van der Waals surface area contributed by atoms with Gasteiger partial charge in [-0.25, -0.2) is 0 Å². The molecular formula is C22H56N2O7Si6. The van der Waals surface area contributed by atoms with E-state index in [0.717, 1.165) is 0 Å². The molecule has 9 nitrogen and oxygen atoms in total.